The minimum absolute atomic E-state index is 0.0581. The molecule has 0 radical (unpaired) electrons. The summed E-state index contributed by atoms with van der Waals surface area (Å²) in [7, 11) is 0. The molecular weight excluding hydrogens is 336 g/mol. The summed E-state index contributed by atoms with van der Waals surface area (Å²) in [6, 6.07) is 8.00. The molecule has 10 heteroatoms. The number of halogens is 2. The average Bonchev–Trinajstić information content (AvgIpc) is 2.98. The van der Waals surface area contributed by atoms with Gasteiger partial charge in [0, 0.05) is 18.2 Å². The van der Waals surface area contributed by atoms with Crippen molar-refractivity contribution in [1.82, 2.24) is 14.6 Å². The lowest BCUT2D eigenvalue weighted by molar-refractivity contribution is -0.391. The molecule has 0 unspecified atom stereocenters. The van der Waals surface area contributed by atoms with Gasteiger partial charge in [-0.3, -0.25) is 0 Å². The molecule has 8 nitrogen and oxygen atoms in total. The molecule has 1 aromatic carbocycles. The Balaban J connectivity index is 1.84. The number of nitrogens with one attached hydrogen (secondary N) is 1. The van der Waals surface area contributed by atoms with Gasteiger partial charge in [0.2, 0.25) is 5.65 Å². The first-order chi connectivity index (χ1) is 11.9. The maximum absolute atomic E-state index is 12.5. The topological polar surface area (TPSA) is 94.6 Å². The van der Waals surface area contributed by atoms with Gasteiger partial charge in [-0.2, -0.15) is 8.78 Å². The molecule has 0 saturated carbocycles. The smallest absolute Gasteiger partial charge is 0.387 e. The van der Waals surface area contributed by atoms with Crippen LogP contribution in [-0.2, 0) is 6.54 Å². The number of hydrogen-bond acceptors (Lipinski definition) is 6. The van der Waals surface area contributed by atoms with Crippen LogP contribution in [0, 0.1) is 17.0 Å². The Morgan fingerprint density at radius 2 is 2.16 bits per heavy atom. The highest BCUT2D eigenvalue weighted by Gasteiger charge is 2.16. The van der Waals surface area contributed by atoms with Gasteiger partial charge in [0.1, 0.15) is 11.9 Å². The van der Waals surface area contributed by atoms with Crippen LogP contribution in [0.25, 0.3) is 5.65 Å². The number of aryl methyl sites for hydroxylation is 1. The van der Waals surface area contributed by atoms with Crippen molar-refractivity contribution >= 4 is 17.3 Å². The Kier molecular flexibility index (Phi) is 4.42. The number of fused-ring (bicyclic) bond motifs is 1. The number of aromatic nitrogens is 3. The highest BCUT2D eigenvalue weighted by atomic mass is 19.3. The van der Waals surface area contributed by atoms with Gasteiger partial charge in [0.25, 0.3) is 0 Å². The van der Waals surface area contributed by atoms with Crippen LogP contribution >= 0.6 is 0 Å². The first-order valence-corrected chi connectivity index (χ1v) is 7.21. The molecule has 0 bridgehead atoms. The molecule has 25 heavy (non-hydrogen) atoms. The Morgan fingerprint density at radius 1 is 1.36 bits per heavy atom. The summed E-state index contributed by atoms with van der Waals surface area (Å²) >= 11 is 0. The number of anilines is 1. The fourth-order valence-electron chi connectivity index (χ4n) is 2.32. The number of benzene rings is 1. The predicted octanol–water partition coefficient (Wildman–Crippen LogP) is 3.16. The molecule has 0 atom stereocenters. The van der Waals surface area contributed by atoms with E-state index in [4.69, 9.17) is 0 Å². The number of nitro groups is 1. The molecule has 0 amide bonds. The van der Waals surface area contributed by atoms with Gasteiger partial charge in [0.15, 0.2) is 5.82 Å². The molecule has 3 rings (SSSR count). The number of nitrogens with zero attached hydrogens (tertiary/aromatic N) is 4. The van der Waals surface area contributed by atoms with Gasteiger partial charge in [-0.1, -0.05) is 27.3 Å². The normalized spacial score (nSPS) is 11.0. The van der Waals surface area contributed by atoms with E-state index in [-0.39, 0.29) is 18.1 Å². The maximum Gasteiger partial charge on any atom is 0.387 e. The van der Waals surface area contributed by atoms with Gasteiger partial charge >= 0.3 is 12.4 Å². The molecule has 3 aromatic rings. The molecule has 130 valence electrons. The van der Waals surface area contributed by atoms with E-state index in [0.717, 1.165) is 16.3 Å². The van der Waals surface area contributed by atoms with Crippen LogP contribution in [0.15, 0.2) is 36.5 Å². The summed E-state index contributed by atoms with van der Waals surface area (Å²) in [6.45, 7) is -0.941. The summed E-state index contributed by atoms with van der Waals surface area (Å²) in [5, 5.41) is 18.0. The van der Waals surface area contributed by atoms with Crippen molar-refractivity contribution in [2.75, 3.05) is 5.32 Å². The second-order valence-electron chi connectivity index (χ2n) is 5.21. The van der Waals surface area contributed by atoms with E-state index in [1.807, 2.05) is 6.92 Å². The monoisotopic (exact) mass is 349 g/mol. The lowest BCUT2D eigenvalue weighted by Gasteiger charge is -2.12. The summed E-state index contributed by atoms with van der Waals surface area (Å²) in [4.78, 5) is 14.2. The van der Waals surface area contributed by atoms with Gasteiger partial charge in [-0.25, -0.2) is 4.98 Å². The molecule has 2 heterocycles. The van der Waals surface area contributed by atoms with Crippen LogP contribution in [0.5, 0.6) is 5.75 Å². The summed E-state index contributed by atoms with van der Waals surface area (Å²) in [5.41, 5.74) is 1.73. The summed E-state index contributed by atoms with van der Waals surface area (Å²) in [5.74, 6) is 0.122. The fourth-order valence-corrected chi connectivity index (χ4v) is 2.32. The van der Waals surface area contributed by atoms with E-state index in [0.29, 0.717) is 17.0 Å². The van der Waals surface area contributed by atoms with Crippen molar-refractivity contribution in [3.05, 3.63) is 57.8 Å². The minimum Gasteiger partial charge on any atom is -0.434 e. The molecule has 0 saturated heterocycles. The molecular formula is C15H13F2N5O3. The second-order valence-corrected chi connectivity index (χ2v) is 5.21. The largest absolute Gasteiger partial charge is 0.434 e. The van der Waals surface area contributed by atoms with Crippen molar-refractivity contribution in [2.45, 2.75) is 20.1 Å². The third kappa shape index (κ3) is 3.62. The van der Waals surface area contributed by atoms with Crippen molar-refractivity contribution in [3.8, 4) is 5.75 Å². The van der Waals surface area contributed by atoms with Crippen LogP contribution in [0.4, 0.5) is 20.4 Å². The van der Waals surface area contributed by atoms with Gasteiger partial charge in [-0.05, 0) is 24.0 Å². The van der Waals surface area contributed by atoms with Crippen molar-refractivity contribution in [3.63, 3.8) is 0 Å². The van der Waals surface area contributed by atoms with Gasteiger partial charge in [-0.15, -0.1) is 0 Å². The number of ether oxygens (including phenoxy) is 1. The van der Waals surface area contributed by atoms with Crippen LogP contribution in [0.2, 0.25) is 0 Å². The van der Waals surface area contributed by atoms with Gasteiger partial charge < -0.3 is 20.2 Å². The molecule has 0 aliphatic rings. The first kappa shape index (κ1) is 16.6. The zero-order valence-electron chi connectivity index (χ0n) is 13.0. The molecule has 0 aliphatic carbocycles. The average molecular weight is 349 g/mol. The van der Waals surface area contributed by atoms with Crippen molar-refractivity contribution < 1.29 is 18.4 Å². The Hall–Kier alpha value is -3.30. The van der Waals surface area contributed by atoms with Crippen LogP contribution in [-0.4, -0.2) is 26.1 Å². The lowest BCUT2D eigenvalue weighted by atomic mass is 10.1. The fraction of sp³-hybridized carbons (Fsp3) is 0.200. The molecule has 0 fully saturated rings. The Labute approximate surface area is 140 Å². The van der Waals surface area contributed by atoms with E-state index < -0.39 is 11.5 Å². The highest BCUT2D eigenvalue weighted by molar-refractivity contribution is 5.49. The number of imidazole rings is 1. The van der Waals surface area contributed by atoms with E-state index in [9.17, 15) is 18.9 Å². The molecule has 2 aromatic heterocycles. The predicted molar refractivity (Wildman–Crippen MR) is 84.8 cm³/mol. The lowest BCUT2D eigenvalue weighted by Crippen LogP contribution is -2.09. The summed E-state index contributed by atoms with van der Waals surface area (Å²) in [6.07, 6.45) is 1.11. The Bertz CT molecular complexity index is 929. The van der Waals surface area contributed by atoms with Crippen LogP contribution in [0.1, 0.15) is 11.1 Å². The number of alkyl halides is 2. The van der Waals surface area contributed by atoms with E-state index in [1.54, 1.807) is 24.3 Å². The van der Waals surface area contributed by atoms with Crippen LogP contribution < -0.4 is 10.1 Å². The van der Waals surface area contributed by atoms with Crippen molar-refractivity contribution in [1.29, 1.82) is 0 Å². The number of hydrogen-bond donors (Lipinski definition) is 1. The minimum atomic E-state index is -2.93. The van der Waals surface area contributed by atoms with E-state index in [2.05, 4.69) is 20.1 Å². The third-order valence-corrected chi connectivity index (χ3v) is 3.42. The Morgan fingerprint density at radius 3 is 2.88 bits per heavy atom. The molecule has 1 N–H and O–H groups in total. The second kappa shape index (κ2) is 6.67. The zero-order chi connectivity index (χ0) is 18.0. The maximum atomic E-state index is 12.5. The standard InChI is InChI=1S/C15H13F2N5O3/c1-9-2-3-11(25-15(16)17)10(6-9)7-18-12-4-5-13-19-8-14(22(23)24)21(13)20-12/h2-6,8,15H,7H2,1H3,(H,18,20). The highest BCUT2D eigenvalue weighted by Crippen LogP contribution is 2.23. The van der Waals surface area contributed by atoms with E-state index >= 15 is 0 Å². The summed E-state index contributed by atoms with van der Waals surface area (Å²) < 4.78 is 30.6. The number of rotatable bonds is 6. The zero-order valence-corrected chi connectivity index (χ0v) is 13.0. The first-order valence-electron chi connectivity index (χ1n) is 7.21. The SMILES string of the molecule is Cc1ccc(OC(F)F)c(CNc2ccc3ncc([N+](=O)[O-])n3n2)c1. The van der Waals surface area contributed by atoms with Gasteiger partial charge in [0.05, 0.1) is 0 Å². The van der Waals surface area contributed by atoms with Crippen molar-refractivity contribution in [2.24, 2.45) is 0 Å². The molecule has 0 spiro atoms. The molecule has 0 aliphatic heterocycles. The van der Waals surface area contributed by atoms with Crippen LogP contribution in [0.3, 0.4) is 0 Å². The third-order valence-electron chi connectivity index (χ3n) is 3.42. The van der Waals surface area contributed by atoms with E-state index in [1.165, 1.54) is 6.07 Å². The quantitative estimate of drug-likeness (QED) is 0.543.